The highest BCUT2D eigenvalue weighted by molar-refractivity contribution is 5.94. The zero-order valence-corrected chi connectivity index (χ0v) is 14.1. The van der Waals surface area contributed by atoms with Crippen LogP contribution in [0.2, 0.25) is 0 Å². The molecule has 26 heavy (non-hydrogen) atoms. The summed E-state index contributed by atoms with van der Waals surface area (Å²) >= 11 is 0. The summed E-state index contributed by atoms with van der Waals surface area (Å²) < 4.78 is 15.4. The molecule has 0 saturated carbocycles. The molecule has 0 fully saturated rings. The minimum absolute atomic E-state index is 0.0267. The lowest BCUT2D eigenvalue weighted by atomic mass is 10.2. The number of nitrogens with one attached hydrogen (secondary N) is 3. The average Bonchev–Trinajstić information content (AvgIpc) is 3.25. The van der Waals surface area contributed by atoms with Crippen LogP contribution in [-0.2, 0) is 11.8 Å². The third-order valence-corrected chi connectivity index (χ3v) is 3.81. The number of H-pyrrole nitrogens is 1. The number of halogens is 1. The average molecular weight is 355 g/mol. The van der Waals surface area contributed by atoms with Gasteiger partial charge in [0.1, 0.15) is 17.2 Å². The molecule has 0 spiro atoms. The molecule has 0 atom stereocenters. The smallest absolute Gasteiger partial charge is 0.269 e. The first-order valence-corrected chi connectivity index (χ1v) is 8.04. The molecule has 2 aromatic heterocycles. The number of nitrogens with zero attached hydrogens (tertiary/aromatic N) is 2. The zero-order valence-electron chi connectivity index (χ0n) is 14.1. The molecular weight excluding hydrogens is 337 g/mol. The molecule has 0 saturated heterocycles. The lowest BCUT2D eigenvalue weighted by molar-refractivity contribution is -0.116. The van der Waals surface area contributed by atoms with Crippen LogP contribution in [0.1, 0.15) is 16.9 Å². The summed E-state index contributed by atoms with van der Waals surface area (Å²) in [4.78, 5) is 24.0. The van der Waals surface area contributed by atoms with E-state index in [1.807, 2.05) is 29.9 Å². The lowest BCUT2D eigenvalue weighted by Gasteiger charge is -2.06. The van der Waals surface area contributed by atoms with Crippen LogP contribution in [0.5, 0.6) is 0 Å². The van der Waals surface area contributed by atoms with Gasteiger partial charge in [0.25, 0.3) is 5.91 Å². The maximum absolute atomic E-state index is 13.5. The maximum Gasteiger partial charge on any atom is 0.269 e. The second-order valence-electron chi connectivity index (χ2n) is 5.71. The molecule has 1 aromatic carbocycles. The number of carbonyl (C=O) groups excluding carboxylic acids is 2. The molecule has 2 amide bonds. The fourth-order valence-electron chi connectivity index (χ4n) is 2.46. The molecule has 2 heterocycles. The molecule has 3 rings (SSSR count). The molecule has 0 aliphatic rings. The number of para-hydroxylation sites is 1. The normalized spacial score (nSPS) is 10.5. The first-order chi connectivity index (χ1) is 12.5. The third kappa shape index (κ3) is 3.97. The monoisotopic (exact) mass is 355 g/mol. The maximum atomic E-state index is 13.5. The van der Waals surface area contributed by atoms with E-state index in [9.17, 15) is 14.0 Å². The summed E-state index contributed by atoms with van der Waals surface area (Å²) in [5.74, 6) is -1.25. The Morgan fingerprint density at radius 2 is 2.04 bits per heavy atom. The highest BCUT2D eigenvalue weighted by Gasteiger charge is 2.13. The van der Waals surface area contributed by atoms with Crippen LogP contribution >= 0.6 is 0 Å². The minimum atomic E-state index is -0.504. The van der Waals surface area contributed by atoms with Crippen LogP contribution in [0.25, 0.3) is 11.4 Å². The fourth-order valence-corrected chi connectivity index (χ4v) is 2.46. The van der Waals surface area contributed by atoms with Gasteiger partial charge >= 0.3 is 0 Å². The number of anilines is 1. The molecule has 0 bridgehead atoms. The molecule has 0 aliphatic carbocycles. The SMILES string of the molecule is Cn1cccc1-c1cc(C(=O)NCCC(=O)Nc2ccccc2F)[nH]n1. The first kappa shape index (κ1) is 17.4. The predicted molar refractivity (Wildman–Crippen MR) is 95.0 cm³/mol. The van der Waals surface area contributed by atoms with Crippen molar-refractivity contribution >= 4 is 17.5 Å². The Balaban J connectivity index is 1.50. The Morgan fingerprint density at radius 3 is 2.77 bits per heavy atom. The Labute approximate surface area is 149 Å². The minimum Gasteiger partial charge on any atom is -0.350 e. The van der Waals surface area contributed by atoms with Gasteiger partial charge in [-0.15, -0.1) is 0 Å². The summed E-state index contributed by atoms with van der Waals surface area (Å²) in [6.07, 6.45) is 1.91. The largest absolute Gasteiger partial charge is 0.350 e. The van der Waals surface area contributed by atoms with Gasteiger partial charge in [0, 0.05) is 26.2 Å². The number of carbonyl (C=O) groups is 2. The number of aryl methyl sites for hydroxylation is 1. The van der Waals surface area contributed by atoms with E-state index in [0.717, 1.165) is 5.69 Å². The van der Waals surface area contributed by atoms with Crippen molar-refractivity contribution in [1.82, 2.24) is 20.1 Å². The van der Waals surface area contributed by atoms with Crippen molar-refractivity contribution in [2.24, 2.45) is 7.05 Å². The van der Waals surface area contributed by atoms with Crippen LogP contribution < -0.4 is 10.6 Å². The predicted octanol–water partition coefficient (Wildman–Crippen LogP) is 2.31. The molecule has 8 heteroatoms. The van der Waals surface area contributed by atoms with Gasteiger partial charge in [-0.05, 0) is 30.3 Å². The molecule has 7 nitrogen and oxygen atoms in total. The Morgan fingerprint density at radius 1 is 1.23 bits per heavy atom. The van der Waals surface area contributed by atoms with E-state index in [4.69, 9.17) is 0 Å². The molecule has 0 radical (unpaired) electrons. The number of amides is 2. The molecule has 3 aromatic rings. The van der Waals surface area contributed by atoms with Crippen molar-refractivity contribution < 1.29 is 14.0 Å². The number of rotatable bonds is 6. The summed E-state index contributed by atoms with van der Waals surface area (Å²) in [7, 11) is 1.89. The van der Waals surface area contributed by atoms with Crippen molar-refractivity contribution in [3.63, 3.8) is 0 Å². The van der Waals surface area contributed by atoms with Gasteiger partial charge in [-0.1, -0.05) is 12.1 Å². The topological polar surface area (TPSA) is 91.8 Å². The van der Waals surface area contributed by atoms with Gasteiger partial charge in [0.15, 0.2) is 0 Å². The van der Waals surface area contributed by atoms with Crippen LogP contribution in [0.3, 0.4) is 0 Å². The second-order valence-corrected chi connectivity index (χ2v) is 5.71. The van der Waals surface area contributed by atoms with Gasteiger partial charge < -0.3 is 15.2 Å². The van der Waals surface area contributed by atoms with Gasteiger partial charge in [-0.2, -0.15) is 5.10 Å². The first-order valence-electron chi connectivity index (χ1n) is 8.04. The van der Waals surface area contributed by atoms with E-state index >= 15 is 0 Å². The summed E-state index contributed by atoms with van der Waals surface area (Å²) in [5.41, 5.74) is 1.95. The van der Waals surface area contributed by atoms with E-state index in [1.165, 1.54) is 12.1 Å². The van der Waals surface area contributed by atoms with Crippen LogP contribution in [0.15, 0.2) is 48.7 Å². The second kappa shape index (κ2) is 7.64. The van der Waals surface area contributed by atoms with E-state index < -0.39 is 5.82 Å². The standard InChI is InChI=1S/C18H18FN5O2/c1-24-10-4-7-16(24)14-11-15(23-22-14)18(26)20-9-8-17(25)21-13-6-3-2-5-12(13)19/h2-7,10-11H,8-9H2,1H3,(H,20,26)(H,21,25)(H,22,23). The number of hydrogen-bond donors (Lipinski definition) is 3. The van der Waals surface area contributed by atoms with E-state index in [1.54, 1.807) is 18.2 Å². The Hall–Kier alpha value is -3.42. The van der Waals surface area contributed by atoms with E-state index in [2.05, 4.69) is 20.8 Å². The fraction of sp³-hybridized carbons (Fsp3) is 0.167. The highest BCUT2D eigenvalue weighted by atomic mass is 19.1. The number of aromatic nitrogens is 3. The summed E-state index contributed by atoms with van der Waals surface area (Å²) in [6, 6.07) is 11.3. The molecule has 134 valence electrons. The Kier molecular flexibility index (Phi) is 5.12. The van der Waals surface area contributed by atoms with Crippen LogP contribution in [0, 0.1) is 5.82 Å². The zero-order chi connectivity index (χ0) is 18.5. The van der Waals surface area contributed by atoms with Crippen LogP contribution in [0.4, 0.5) is 10.1 Å². The highest BCUT2D eigenvalue weighted by Crippen LogP contribution is 2.17. The van der Waals surface area contributed by atoms with Gasteiger partial charge in [0.05, 0.1) is 11.4 Å². The number of aromatic amines is 1. The van der Waals surface area contributed by atoms with Gasteiger partial charge in [-0.25, -0.2) is 4.39 Å². The third-order valence-electron chi connectivity index (χ3n) is 3.81. The molecule has 0 aliphatic heterocycles. The Bertz CT molecular complexity index is 931. The van der Waals surface area contributed by atoms with Crippen molar-refractivity contribution in [1.29, 1.82) is 0 Å². The molecular formula is C18H18FN5O2. The number of benzene rings is 1. The van der Waals surface area contributed by atoms with Gasteiger partial charge in [-0.3, -0.25) is 14.7 Å². The van der Waals surface area contributed by atoms with E-state index in [-0.39, 0.29) is 30.5 Å². The summed E-state index contributed by atoms with van der Waals surface area (Å²) in [6.45, 7) is 0.123. The summed E-state index contributed by atoms with van der Waals surface area (Å²) in [5, 5.41) is 11.9. The van der Waals surface area contributed by atoms with E-state index in [0.29, 0.717) is 11.4 Å². The van der Waals surface area contributed by atoms with Crippen LogP contribution in [-0.4, -0.2) is 33.1 Å². The van der Waals surface area contributed by atoms with Crippen molar-refractivity contribution in [2.45, 2.75) is 6.42 Å². The molecule has 0 unspecified atom stereocenters. The lowest BCUT2D eigenvalue weighted by Crippen LogP contribution is -2.28. The van der Waals surface area contributed by atoms with Crippen molar-refractivity contribution in [3.8, 4) is 11.4 Å². The number of hydrogen-bond acceptors (Lipinski definition) is 3. The van der Waals surface area contributed by atoms with Crippen molar-refractivity contribution in [3.05, 3.63) is 60.2 Å². The van der Waals surface area contributed by atoms with Gasteiger partial charge in [0.2, 0.25) is 5.91 Å². The molecule has 3 N–H and O–H groups in total. The van der Waals surface area contributed by atoms with Crippen molar-refractivity contribution in [2.75, 3.05) is 11.9 Å². The quantitative estimate of drug-likeness (QED) is 0.634.